The first-order chi connectivity index (χ1) is 7.29. The van der Waals surface area contributed by atoms with Gasteiger partial charge in [-0.15, -0.1) is 0 Å². The molecule has 0 saturated carbocycles. The Labute approximate surface area is 90.8 Å². The molecule has 1 nitrogen and oxygen atoms in total. The van der Waals surface area contributed by atoms with Crippen molar-refractivity contribution in [3.8, 4) is 0 Å². The number of hydrogen-bond donors (Lipinski definition) is 0. The Hall–Kier alpha value is -1.63. The highest BCUT2D eigenvalue weighted by molar-refractivity contribution is 5.33. The second-order valence-corrected chi connectivity index (χ2v) is 3.83. The topological polar surface area (TPSA) is 12.9 Å². The van der Waals surface area contributed by atoms with Crippen LogP contribution < -0.4 is 0 Å². The lowest BCUT2D eigenvalue weighted by Crippen LogP contribution is -2.00. The van der Waals surface area contributed by atoms with Gasteiger partial charge in [0.1, 0.15) is 0 Å². The first kappa shape index (κ1) is 9.91. The number of pyridine rings is 1. The number of aryl methyl sites for hydroxylation is 1. The third kappa shape index (κ3) is 2.07. The number of hydrogen-bond acceptors (Lipinski definition) is 1. The predicted octanol–water partition coefficient (Wildman–Crippen LogP) is 3.54. The molecule has 1 heterocycles. The Kier molecular flexibility index (Phi) is 2.82. The van der Waals surface area contributed by atoms with Crippen molar-refractivity contribution in [2.75, 3.05) is 0 Å². The van der Waals surface area contributed by atoms with E-state index in [0.29, 0.717) is 5.92 Å². The van der Waals surface area contributed by atoms with E-state index in [9.17, 15) is 0 Å². The van der Waals surface area contributed by atoms with Gasteiger partial charge < -0.3 is 0 Å². The molecule has 0 radical (unpaired) electrons. The summed E-state index contributed by atoms with van der Waals surface area (Å²) in [6.07, 6.45) is 1.85. The van der Waals surface area contributed by atoms with E-state index >= 15 is 0 Å². The van der Waals surface area contributed by atoms with Gasteiger partial charge in [0.05, 0.1) is 0 Å². The van der Waals surface area contributed by atoms with Crippen LogP contribution in [-0.4, -0.2) is 4.98 Å². The molecule has 0 aliphatic carbocycles. The minimum absolute atomic E-state index is 0.368. The highest BCUT2D eigenvalue weighted by Crippen LogP contribution is 2.24. The SMILES string of the molecule is Cc1ccccc1[C@H](C)c1ccccn1. The zero-order valence-corrected chi connectivity index (χ0v) is 9.14. The van der Waals surface area contributed by atoms with Crippen molar-refractivity contribution in [3.05, 3.63) is 65.5 Å². The van der Waals surface area contributed by atoms with Crippen molar-refractivity contribution in [2.45, 2.75) is 19.8 Å². The Morgan fingerprint density at radius 1 is 1.00 bits per heavy atom. The quantitative estimate of drug-likeness (QED) is 0.717. The third-order valence-electron chi connectivity index (χ3n) is 2.79. The fourth-order valence-corrected chi connectivity index (χ4v) is 1.86. The van der Waals surface area contributed by atoms with Gasteiger partial charge in [-0.2, -0.15) is 0 Å². The molecule has 76 valence electrons. The molecule has 0 aliphatic heterocycles. The van der Waals surface area contributed by atoms with Gasteiger partial charge in [0.25, 0.3) is 0 Å². The van der Waals surface area contributed by atoms with Gasteiger partial charge in [-0.25, -0.2) is 0 Å². The van der Waals surface area contributed by atoms with Gasteiger partial charge in [-0.1, -0.05) is 37.3 Å². The monoisotopic (exact) mass is 197 g/mol. The predicted molar refractivity (Wildman–Crippen MR) is 62.9 cm³/mol. The summed E-state index contributed by atoms with van der Waals surface area (Å²) in [5, 5.41) is 0. The molecule has 0 unspecified atom stereocenters. The van der Waals surface area contributed by atoms with E-state index in [1.807, 2.05) is 18.3 Å². The minimum atomic E-state index is 0.368. The number of nitrogens with zero attached hydrogens (tertiary/aromatic N) is 1. The fourth-order valence-electron chi connectivity index (χ4n) is 1.86. The molecule has 0 amide bonds. The molecule has 0 spiro atoms. The Morgan fingerprint density at radius 2 is 1.73 bits per heavy atom. The normalized spacial score (nSPS) is 12.4. The van der Waals surface area contributed by atoms with Gasteiger partial charge in [0.2, 0.25) is 0 Å². The van der Waals surface area contributed by atoms with Crippen molar-refractivity contribution in [1.82, 2.24) is 4.98 Å². The summed E-state index contributed by atoms with van der Waals surface area (Å²) in [7, 11) is 0. The number of benzene rings is 1. The van der Waals surface area contributed by atoms with Gasteiger partial charge in [0.15, 0.2) is 0 Å². The zero-order valence-electron chi connectivity index (χ0n) is 9.14. The Bertz CT molecular complexity index is 434. The summed E-state index contributed by atoms with van der Waals surface area (Å²) in [5.41, 5.74) is 3.82. The Balaban J connectivity index is 2.37. The van der Waals surface area contributed by atoms with Crippen LogP contribution in [0.5, 0.6) is 0 Å². The van der Waals surface area contributed by atoms with E-state index in [2.05, 4.69) is 49.2 Å². The minimum Gasteiger partial charge on any atom is -0.261 e. The van der Waals surface area contributed by atoms with Gasteiger partial charge >= 0.3 is 0 Å². The van der Waals surface area contributed by atoms with Gasteiger partial charge in [-0.3, -0.25) is 4.98 Å². The summed E-state index contributed by atoms with van der Waals surface area (Å²) < 4.78 is 0. The molecule has 0 fully saturated rings. The molecule has 2 rings (SSSR count). The maximum absolute atomic E-state index is 4.40. The fraction of sp³-hybridized carbons (Fsp3) is 0.214. The Morgan fingerprint density at radius 3 is 2.40 bits per heavy atom. The standard InChI is InChI=1S/C14H15N/c1-11-7-3-4-8-13(11)12(2)14-9-5-6-10-15-14/h3-10,12H,1-2H3/t12-/m0/s1. The molecule has 1 atom stereocenters. The molecule has 0 N–H and O–H groups in total. The van der Waals surface area contributed by atoms with E-state index in [0.717, 1.165) is 5.69 Å². The molecule has 0 bridgehead atoms. The number of rotatable bonds is 2. The van der Waals surface area contributed by atoms with Crippen LogP contribution >= 0.6 is 0 Å². The van der Waals surface area contributed by atoms with Crippen molar-refractivity contribution in [3.63, 3.8) is 0 Å². The summed E-state index contributed by atoms with van der Waals surface area (Å²) in [6, 6.07) is 14.6. The van der Waals surface area contributed by atoms with Crippen LogP contribution in [0.1, 0.15) is 29.7 Å². The van der Waals surface area contributed by atoms with Crippen LogP contribution in [0.4, 0.5) is 0 Å². The average Bonchev–Trinajstić information content (AvgIpc) is 2.30. The molecule has 2 aromatic rings. The maximum atomic E-state index is 4.40. The highest BCUT2D eigenvalue weighted by atomic mass is 14.7. The largest absolute Gasteiger partial charge is 0.261 e. The van der Waals surface area contributed by atoms with Crippen LogP contribution in [0, 0.1) is 6.92 Å². The lowest BCUT2D eigenvalue weighted by atomic mass is 9.93. The summed E-state index contributed by atoms with van der Waals surface area (Å²) >= 11 is 0. The second kappa shape index (κ2) is 4.26. The highest BCUT2D eigenvalue weighted by Gasteiger charge is 2.10. The van der Waals surface area contributed by atoms with Gasteiger partial charge in [0, 0.05) is 17.8 Å². The lowest BCUT2D eigenvalue weighted by molar-refractivity contribution is 0.862. The third-order valence-corrected chi connectivity index (χ3v) is 2.79. The molecular weight excluding hydrogens is 182 g/mol. The molecule has 1 aromatic carbocycles. The zero-order chi connectivity index (χ0) is 10.7. The van der Waals surface area contributed by atoms with Crippen LogP contribution in [0.15, 0.2) is 48.7 Å². The van der Waals surface area contributed by atoms with E-state index < -0.39 is 0 Å². The first-order valence-corrected chi connectivity index (χ1v) is 5.25. The van der Waals surface area contributed by atoms with E-state index in [4.69, 9.17) is 0 Å². The van der Waals surface area contributed by atoms with E-state index in [1.54, 1.807) is 0 Å². The molecule has 1 aromatic heterocycles. The summed E-state index contributed by atoms with van der Waals surface area (Å²) in [5.74, 6) is 0.368. The first-order valence-electron chi connectivity index (χ1n) is 5.25. The van der Waals surface area contributed by atoms with Crippen LogP contribution in [0.2, 0.25) is 0 Å². The van der Waals surface area contributed by atoms with Crippen LogP contribution in [0.25, 0.3) is 0 Å². The smallest absolute Gasteiger partial charge is 0.0475 e. The summed E-state index contributed by atoms with van der Waals surface area (Å²) in [6.45, 7) is 4.35. The molecule has 0 aliphatic rings. The number of aromatic nitrogens is 1. The van der Waals surface area contributed by atoms with Crippen LogP contribution in [-0.2, 0) is 0 Å². The van der Waals surface area contributed by atoms with Crippen LogP contribution in [0.3, 0.4) is 0 Å². The van der Waals surface area contributed by atoms with Crippen molar-refractivity contribution in [2.24, 2.45) is 0 Å². The summed E-state index contributed by atoms with van der Waals surface area (Å²) in [4.78, 5) is 4.40. The van der Waals surface area contributed by atoms with Crippen molar-refractivity contribution < 1.29 is 0 Å². The van der Waals surface area contributed by atoms with E-state index in [1.165, 1.54) is 11.1 Å². The average molecular weight is 197 g/mol. The van der Waals surface area contributed by atoms with E-state index in [-0.39, 0.29) is 0 Å². The maximum Gasteiger partial charge on any atom is 0.0475 e. The lowest BCUT2D eigenvalue weighted by Gasteiger charge is -2.13. The van der Waals surface area contributed by atoms with Crippen molar-refractivity contribution >= 4 is 0 Å². The molecule has 15 heavy (non-hydrogen) atoms. The molecular formula is C14H15N. The molecule has 1 heteroatoms. The molecule has 0 saturated heterocycles. The van der Waals surface area contributed by atoms with Crippen molar-refractivity contribution in [1.29, 1.82) is 0 Å². The second-order valence-electron chi connectivity index (χ2n) is 3.83. The van der Waals surface area contributed by atoms with Gasteiger partial charge in [-0.05, 0) is 30.2 Å².